The number of likely N-dealkylation sites (N-methyl/N-ethyl adjacent to an activating group) is 1. The second-order valence-electron chi connectivity index (χ2n) is 6.71. The number of amides is 1. The standard InChI is InChI=1S/C24H27F2NO6/c1-5-27(6-2)22(29)15-32-18-10-8-17(9-11-18)19(28)12-7-16-13-20(30-3)23(33-24(25)26)21(14-16)31-4/h7-14,24H,5-6,15H2,1-4H3/b12-7+. The summed E-state index contributed by atoms with van der Waals surface area (Å²) in [6.07, 6.45) is 2.84. The molecule has 0 spiro atoms. The average Bonchev–Trinajstić information content (AvgIpc) is 2.82. The molecule has 7 nitrogen and oxygen atoms in total. The number of carbonyl (C=O) groups excluding carboxylic acids is 2. The Morgan fingerprint density at radius 1 is 1.00 bits per heavy atom. The third kappa shape index (κ3) is 7.20. The largest absolute Gasteiger partial charge is 0.493 e. The zero-order valence-electron chi connectivity index (χ0n) is 19.0. The van der Waals surface area contributed by atoms with E-state index in [1.165, 1.54) is 38.5 Å². The first-order chi connectivity index (χ1) is 15.8. The minimum absolute atomic E-state index is 0.0440. The molecule has 0 bridgehead atoms. The van der Waals surface area contributed by atoms with Gasteiger partial charge in [-0.05, 0) is 61.9 Å². The molecule has 2 aromatic rings. The molecule has 0 atom stereocenters. The van der Waals surface area contributed by atoms with E-state index in [4.69, 9.17) is 14.2 Å². The van der Waals surface area contributed by atoms with Gasteiger partial charge in [0.15, 0.2) is 23.9 Å². The number of alkyl halides is 2. The SMILES string of the molecule is CCN(CC)C(=O)COc1ccc(C(=O)/C=C/c2cc(OC)c(OC(F)F)c(OC)c2)cc1. The molecule has 2 rings (SSSR count). The van der Waals surface area contributed by atoms with Crippen LogP contribution < -0.4 is 18.9 Å². The van der Waals surface area contributed by atoms with Gasteiger partial charge in [0.2, 0.25) is 5.75 Å². The number of ketones is 1. The number of ether oxygens (including phenoxy) is 4. The molecule has 0 aliphatic carbocycles. The predicted molar refractivity (Wildman–Crippen MR) is 119 cm³/mol. The maximum atomic E-state index is 12.7. The van der Waals surface area contributed by atoms with Crippen molar-refractivity contribution in [1.82, 2.24) is 4.90 Å². The fraction of sp³-hybridized carbons (Fsp3) is 0.333. The van der Waals surface area contributed by atoms with Crippen LogP contribution in [0.3, 0.4) is 0 Å². The second kappa shape index (κ2) is 12.4. The van der Waals surface area contributed by atoms with Gasteiger partial charge in [-0.3, -0.25) is 9.59 Å². The molecule has 178 valence electrons. The number of rotatable bonds is 12. The van der Waals surface area contributed by atoms with Crippen LogP contribution in [0, 0.1) is 0 Å². The van der Waals surface area contributed by atoms with Gasteiger partial charge in [0.05, 0.1) is 14.2 Å². The van der Waals surface area contributed by atoms with Crippen LogP contribution >= 0.6 is 0 Å². The normalized spacial score (nSPS) is 10.9. The van der Waals surface area contributed by atoms with Crippen LogP contribution in [0.1, 0.15) is 29.8 Å². The van der Waals surface area contributed by atoms with E-state index in [-0.39, 0.29) is 35.5 Å². The van der Waals surface area contributed by atoms with E-state index in [0.29, 0.717) is 30.0 Å². The summed E-state index contributed by atoms with van der Waals surface area (Å²) in [4.78, 5) is 26.2. The molecular weight excluding hydrogens is 436 g/mol. The molecule has 0 unspecified atom stereocenters. The highest BCUT2D eigenvalue weighted by Gasteiger charge is 2.17. The van der Waals surface area contributed by atoms with Gasteiger partial charge in [-0.15, -0.1) is 0 Å². The van der Waals surface area contributed by atoms with Crippen LogP contribution in [0.5, 0.6) is 23.0 Å². The van der Waals surface area contributed by atoms with Gasteiger partial charge in [0.25, 0.3) is 5.91 Å². The van der Waals surface area contributed by atoms with Crippen molar-refractivity contribution in [1.29, 1.82) is 0 Å². The third-order valence-corrected chi connectivity index (χ3v) is 4.73. The summed E-state index contributed by atoms with van der Waals surface area (Å²) in [6, 6.07) is 9.30. The van der Waals surface area contributed by atoms with Crippen molar-refractivity contribution in [2.24, 2.45) is 0 Å². The quantitative estimate of drug-likeness (QED) is 0.342. The van der Waals surface area contributed by atoms with Crippen molar-refractivity contribution in [3.63, 3.8) is 0 Å². The summed E-state index contributed by atoms with van der Waals surface area (Å²) in [5, 5.41) is 0. The molecule has 0 radical (unpaired) electrons. The van der Waals surface area contributed by atoms with Gasteiger partial charge in [0, 0.05) is 18.7 Å². The molecule has 0 aliphatic rings. The Balaban J connectivity index is 2.09. The van der Waals surface area contributed by atoms with Gasteiger partial charge in [-0.1, -0.05) is 6.08 Å². The Bertz CT molecular complexity index is 946. The Morgan fingerprint density at radius 3 is 2.06 bits per heavy atom. The van der Waals surface area contributed by atoms with Gasteiger partial charge < -0.3 is 23.8 Å². The average molecular weight is 463 g/mol. The molecule has 0 aromatic heterocycles. The maximum absolute atomic E-state index is 12.7. The van der Waals surface area contributed by atoms with E-state index in [9.17, 15) is 18.4 Å². The molecule has 2 aromatic carbocycles. The summed E-state index contributed by atoms with van der Waals surface area (Å²) in [5.41, 5.74) is 0.902. The van der Waals surface area contributed by atoms with E-state index >= 15 is 0 Å². The fourth-order valence-electron chi connectivity index (χ4n) is 3.00. The number of hydrogen-bond donors (Lipinski definition) is 0. The number of methoxy groups -OCH3 is 2. The van der Waals surface area contributed by atoms with Crippen molar-refractivity contribution in [2.45, 2.75) is 20.5 Å². The molecule has 1 amide bonds. The molecule has 0 saturated carbocycles. The third-order valence-electron chi connectivity index (χ3n) is 4.73. The zero-order chi connectivity index (χ0) is 24.4. The lowest BCUT2D eigenvalue weighted by atomic mass is 10.1. The van der Waals surface area contributed by atoms with Crippen molar-refractivity contribution in [3.8, 4) is 23.0 Å². The molecule has 33 heavy (non-hydrogen) atoms. The number of halogens is 2. The summed E-state index contributed by atoms with van der Waals surface area (Å²) >= 11 is 0. The molecule has 0 saturated heterocycles. The lowest BCUT2D eigenvalue weighted by Gasteiger charge is -2.18. The molecule has 0 fully saturated rings. The summed E-state index contributed by atoms with van der Waals surface area (Å²) in [7, 11) is 2.62. The molecular formula is C24H27F2NO6. The van der Waals surface area contributed by atoms with E-state index < -0.39 is 6.61 Å². The fourth-order valence-corrected chi connectivity index (χ4v) is 3.00. The first-order valence-corrected chi connectivity index (χ1v) is 10.3. The second-order valence-corrected chi connectivity index (χ2v) is 6.71. The smallest absolute Gasteiger partial charge is 0.387 e. The monoisotopic (exact) mass is 463 g/mol. The Labute approximate surface area is 191 Å². The van der Waals surface area contributed by atoms with E-state index in [1.807, 2.05) is 13.8 Å². The predicted octanol–water partition coefficient (Wildman–Crippen LogP) is 4.45. The lowest BCUT2D eigenvalue weighted by molar-refractivity contribution is -0.132. The Morgan fingerprint density at radius 2 is 1.58 bits per heavy atom. The number of benzene rings is 2. The van der Waals surface area contributed by atoms with Crippen LogP contribution in [0.15, 0.2) is 42.5 Å². The van der Waals surface area contributed by atoms with E-state index in [2.05, 4.69) is 4.74 Å². The molecule has 9 heteroatoms. The lowest BCUT2D eigenvalue weighted by Crippen LogP contribution is -2.34. The number of nitrogens with zero attached hydrogens (tertiary/aromatic N) is 1. The summed E-state index contributed by atoms with van der Waals surface area (Å²) in [6.45, 7) is 1.89. The van der Waals surface area contributed by atoms with Crippen molar-refractivity contribution < 1.29 is 37.3 Å². The number of hydrogen-bond acceptors (Lipinski definition) is 6. The Hall–Kier alpha value is -3.62. The van der Waals surface area contributed by atoms with E-state index in [0.717, 1.165) is 0 Å². The topological polar surface area (TPSA) is 74.3 Å². The maximum Gasteiger partial charge on any atom is 0.387 e. The molecule has 0 aliphatic heterocycles. The van der Waals surface area contributed by atoms with Crippen LogP contribution in [-0.2, 0) is 4.79 Å². The van der Waals surface area contributed by atoms with Gasteiger partial charge in [0.1, 0.15) is 5.75 Å². The van der Waals surface area contributed by atoms with Crippen LogP contribution in [0.25, 0.3) is 6.08 Å². The molecule has 0 N–H and O–H groups in total. The van der Waals surface area contributed by atoms with Crippen molar-refractivity contribution in [2.75, 3.05) is 33.9 Å². The summed E-state index contributed by atoms with van der Waals surface area (Å²) < 4.78 is 45.5. The van der Waals surface area contributed by atoms with Crippen LogP contribution in [-0.4, -0.2) is 57.1 Å². The first-order valence-electron chi connectivity index (χ1n) is 10.3. The minimum atomic E-state index is -3.04. The highest BCUT2D eigenvalue weighted by atomic mass is 19.3. The highest BCUT2D eigenvalue weighted by molar-refractivity contribution is 6.06. The zero-order valence-corrected chi connectivity index (χ0v) is 19.0. The van der Waals surface area contributed by atoms with Gasteiger partial charge in [-0.25, -0.2) is 0 Å². The molecule has 0 heterocycles. The highest BCUT2D eigenvalue weighted by Crippen LogP contribution is 2.39. The summed E-state index contributed by atoms with van der Waals surface area (Å²) in [5.74, 6) is -0.0655. The number of allylic oxidation sites excluding steroid dienone is 1. The minimum Gasteiger partial charge on any atom is -0.493 e. The first kappa shape index (κ1) is 25.6. The van der Waals surface area contributed by atoms with Gasteiger partial charge >= 0.3 is 6.61 Å². The van der Waals surface area contributed by atoms with Crippen LogP contribution in [0.2, 0.25) is 0 Å². The Kier molecular flexibility index (Phi) is 9.65. The van der Waals surface area contributed by atoms with Crippen LogP contribution in [0.4, 0.5) is 8.78 Å². The van der Waals surface area contributed by atoms with Crippen molar-refractivity contribution >= 4 is 17.8 Å². The van der Waals surface area contributed by atoms with Gasteiger partial charge in [-0.2, -0.15) is 8.78 Å². The van der Waals surface area contributed by atoms with Crippen molar-refractivity contribution in [3.05, 3.63) is 53.6 Å². The van der Waals surface area contributed by atoms with E-state index in [1.54, 1.807) is 29.2 Å². The number of carbonyl (C=O) groups is 2.